The molecule has 1 aromatic heterocycles. The van der Waals surface area contributed by atoms with E-state index in [-0.39, 0.29) is 11.8 Å². The van der Waals surface area contributed by atoms with Gasteiger partial charge in [-0.25, -0.2) is 0 Å². The normalized spacial score (nSPS) is 26.4. The zero-order valence-electron chi connectivity index (χ0n) is 17.7. The Morgan fingerprint density at radius 1 is 1.17 bits per heavy atom. The summed E-state index contributed by atoms with van der Waals surface area (Å²) in [5, 5.41) is 5.14. The van der Waals surface area contributed by atoms with Gasteiger partial charge in [0.25, 0.3) is 0 Å². The molecule has 2 amide bonds. The van der Waals surface area contributed by atoms with Crippen molar-refractivity contribution < 1.29 is 9.59 Å². The van der Waals surface area contributed by atoms with Gasteiger partial charge in [0.1, 0.15) is 0 Å². The number of amides is 2. The highest BCUT2D eigenvalue weighted by molar-refractivity contribution is 7.13. The minimum atomic E-state index is -0.516. The second kappa shape index (κ2) is 7.52. The molecule has 1 aromatic carbocycles. The van der Waals surface area contributed by atoms with Crippen LogP contribution in [0.25, 0.3) is 10.4 Å². The summed E-state index contributed by atoms with van der Waals surface area (Å²) in [5.74, 6) is 0.618. The quantitative estimate of drug-likeness (QED) is 0.745. The lowest BCUT2D eigenvalue weighted by molar-refractivity contribution is -0.135. The van der Waals surface area contributed by atoms with Crippen LogP contribution in [0.2, 0.25) is 0 Å². The molecule has 5 heteroatoms. The number of hydrogen-bond donors (Lipinski definition) is 1. The first-order valence-electron chi connectivity index (χ1n) is 11.3. The van der Waals surface area contributed by atoms with Gasteiger partial charge in [-0.05, 0) is 67.0 Å². The highest BCUT2D eigenvalue weighted by Gasteiger charge is 2.62. The summed E-state index contributed by atoms with van der Waals surface area (Å²) in [5.41, 5.74) is 2.20. The number of thiophene rings is 1. The predicted molar refractivity (Wildman–Crippen MR) is 120 cm³/mol. The van der Waals surface area contributed by atoms with E-state index in [1.165, 1.54) is 29.7 Å². The van der Waals surface area contributed by atoms with Gasteiger partial charge in [-0.3, -0.25) is 9.59 Å². The van der Waals surface area contributed by atoms with Crippen LogP contribution in [0.4, 0.5) is 0 Å². The van der Waals surface area contributed by atoms with E-state index in [0.29, 0.717) is 37.4 Å². The second-order valence-corrected chi connectivity index (χ2v) is 10.4. The van der Waals surface area contributed by atoms with E-state index in [4.69, 9.17) is 0 Å². The third-order valence-electron chi connectivity index (χ3n) is 7.62. The number of hydrogen-bond acceptors (Lipinski definition) is 3. The summed E-state index contributed by atoms with van der Waals surface area (Å²) in [4.78, 5) is 29.5. The number of likely N-dealkylation sites (tertiary alicyclic amines) is 1. The Kier molecular flexibility index (Phi) is 4.97. The fraction of sp³-hybridized carbons (Fsp3) is 0.520. The minimum Gasteiger partial charge on any atom is -0.356 e. The van der Waals surface area contributed by atoms with E-state index >= 15 is 0 Å². The molecule has 1 N–H and O–H groups in total. The van der Waals surface area contributed by atoms with Crippen LogP contribution in [0, 0.1) is 16.7 Å². The van der Waals surface area contributed by atoms with Crippen molar-refractivity contribution in [1.82, 2.24) is 10.2 Å². The van der Waals surface area contributed by atoms with E-state index < -0.39 is 5.41 Å². The summed E-state index contributed by atoms with van der Waals surface area (Å²) in [6.45, 7) is 3.84. The Morgan fingerprint density at radius 2 is 1.97 bits per heavy atom. The summed E-state index contributed by atoms with van der Waals surface area (Å²) in [6, 6.07) is 12.8. The van der Waals surface area contributed by atoms with Gasteiger partial charge >= 0.3 is 0 Å². The lowest BCUT2D eigenvalue weighted by atomic mass is 9.79. The Morgan fingerprint density at radius 3 is 2.57 bits per heavy atom. The summed E-state index contributed by atoms with van der Waals surface area (Å²) in [6.07, 6.45) is 6.21. The summed E-state index contributed by atoms with van der Waals surface area (Å²) in [7, 11) is 0. The molecule has 5 rings (SSSR count). The topological polar surface area (TPSA) is 49.4 Å². The van der Waals surface area contributed by atoms with E-state index in [1.54, 1.807) is 11.3 Å². The Labute approximate surface area is 182 Å². The molecule has 0 radical (unpaired) electrons. The Bertz CT molecular complexity index is 933. The highest BCUT2D eigenvalue weighted by Crippen LogP contribution is 2.66. The molecular weight excluding hydrogens is 392 g/mol. The summed E-state index contributed by atoms with van der Waals surface area (Å²) >= 11 is 1.74. The van der Waals surface area contributed by atoms with Crippen LogP contribution in [-0.4, -0.2) is 36.3 Å². The molecule has 3 aliphatic rings. The van der Waals surface area contributed by atoms with Crippen molar-refractivity contribution >= 4 is 23.2 Å². The highest BCUT2D eigenvalue weighted by atomic mass is 32.1. The first-order valence-corrected chi connectivity index (χ1v) is 12.1. The van der Waals surface area contributed by atoms with Gasteiger partial charge < -0.3 is 10.2 Å². The molecule has 2 atom stereocenters. The third-order valence-corrected chi connectivity index (χ3v) is 8.54. The number of carbonyl (C=O) groups is 2. The standard InChI is InChI=1S/C25H30N2O2S/c1-2-26-23(29)25(15-18-6-8-19(9-7-18)21-5-3-14-30-21)12-13-27(17-25)22(28)20-16-24(20)10-4-11-24/h3,5-9,14,20H,2,4,10-13,15-17H2,1H3,(H,26,29)/t20-,25+/m0/s1. The molecule has 2 aromatic rings. The predicted octanol–water partition coefficient (Wildman–Crippen LogP) is 4.50. The maximum atomic E-state index is 13.1. The van der Waals surface area contributed by atoms with E-state index in [1.807, 2.05) is 11.8 Å². The van der Waals surface area contributed by atoms with Gasteiger partial charge in [-0.1, -0.05) is 36.8 Å². The van der Waals surface area contributed by atoms with Gasteiger partial charge in [0, 0.05) is 30.4 Å². The molecule has 0 bridgehead atoms. The average Bonchev–Trinajstić information content (AvgIpc) is 3.06. The van der Waals surface area contributed by atoms with Crippen molar-refractivity contribution in [3.63, 3.8) is 0 Å². The van der Waals surface area contributed by atoms with Gasteiger partial charge in [-0.2, -0.15) is 0 Å². The fourth-order valence-electron chi connectivity index (χ4n) is 5.54. The van der Waals surface area contributed by atoms with Crippen molar-refractivity contribution in [2.24, 2.45) is 16.7 Å². The lowest BCUT2D eigenvalue weighted by Gasteiger charge is -2.30. The molecule has 2 saturated carbocycles. The maximum Gasteiger partial charge on any atom is 0.228 e. The maximum absolute atomic E-state index is 13.1. The van der Waals surface area contributed by atoms with E-state index in [9.17, 15) is 9.59 Å². The largest absolute Gasteiger partial charge is 0.356 e. The summed E-state index contributed by atoms with van der Waals surface area (Å²) < 4.78 is 0. The molecule has 1 saturated heterocycles. The van der Waals surface area contributed by atoms with Crippen LogP contribution in [0.3, 0.4) is 0 Å². The molecule has 30 heavy (non-hydrogen) atoms. The average molecular weight is 423 g/mol. The molecule has 158 valence electrons. The first kappa shape index (κ1) is 19.8. The third kappa shape index (κ3) is 3.37. The van der Waals surface area contributed by atoms with Gasteiger partial charge in [-0.15, -0.1) is 11.3 Å². The van der Waals surface area contributed by atoms with Crippen LogP contribution in [0.1, 0.15) is 44.6 Å². The zero-order chi connectivity index (χ0) is 20.8. The minimum absolute atomic E-state index is 0.0942. The van der Waals surface area contributed by atoms with E-state index in [2.05, 4.69) is 47.1 Å². The molecule has 4 nitrogen and oxygen atoms in total. The van der Waals surface area contributed by atoms with Gasteiger partial charge in [0.2, 0.25) is 11.8 Å². The second-order valence-electron chi connectivity index (χ2n) is 9.47. The molecule has 2 heterocycles. The van der Waals surface area contributed by atoms with Crippen molar-refractivity contribution in [3.05, 3.63) is 47.3 Å². The number of rotatable bonds is 6. The smallest absolute Gasteiger partial charge is 0.228 e. The van der Waals surface area contributed by atoms with Crippen LogP contribution in [0.15, 0.2) is 41.8 Å². The van der Waals surface area contributed by atoms with E-state index in [0.717, 1.165) is 18.4 Å². The molecular formula is C25H30N2O2S. The van der Waals surface area contributed by atoms with Gasteiger partial charge in [0.05, 0.1) is 5.41 Å². The Balaban J connectivity index is 1.32. The zero-order valence-corrected chi connectivity index (χ0v) is 18.5. The molecule has 1 aliphatic heterocycles. The van der Waals surface area contributed by atoms with Crippen LogP contribution in [0.5, 0.6) is 0 Å². The number of benzene rings is 1. The fourth-order valence-corrected chi connectivity index (χ4v) is 6.27. The SMILES string of the molecule is CCNC(=O)[C@@]1(Cc2ccc(-c3cccs3)cc2)CCN(C(=O)[C@@H]2CC23CCC3)C1. The molecule has 0 unspecified atom stereocenters. The monoisotopic (exact) mass is 422 g/mol. The first-order chi connectivity index (χ1) is 14.6. The van der Waals surface area contributed by atoms with Crippen molar-refractivity contribution in [3.8, 4) is 10.4 Å². The van der Waals surface area contributed by atoms with Crippen molar-refractivity contribution in [2.75, 3.05) is 19.6 Å². The molecule has 2 aliphatic carbocycles. The number of nitrogens with zero attached hydrogens (tertiary/aromatic N) is 1. The Hall–Kier alpha value is -2.14. The molecule has 1 spiro atoms. The van der Waals surface area contributed by atoms with Crippen molar-refractivity contribution in [1.29, 1.82) is 0 Å². The molecule has 3 fully saturated rings. The van der Waals surface area contributed by atoms with Crippen LogP contribution in [-0.2, 0) is 16.0 Å². The van der Waals surface area contributed by atoms with Crippen LogP contribution >= 0.6 is 11.3 Å². The number of carbonyl (C=O) groups excluding carboxylic acids is 2. The van der Waals surface area contributed by atoms with Crippen LogP contribution < -0.4 is 5.32 Å². The van der Waals surface area contributed by atoms with Gasteiger partial charge in [0.15, 0.2) is 0 Å². The van der Waals surface area contributed by atoms with Crippen molar-refractivity contribution in [2.45, 2.75) is 45.4 Å². The number of nitrogens with one attached hydrogen (secondary N) is 1. The lowest BCUT2D eigenvalue weighted by Crippen LogP contribution is -2.45.